The Balaban J connectivity index is 1.75. The van der Waals surface area contributed by atoms with Gasteiger partial charge in [0.15, 0.2) is 5.78 Å². The number of thioether (sulfide) groups is 1. The van der Waals surface area contributed by atoms with Crippen LogP contribution in [0.25, 0.3) is 0 Å². The first-order chi connectivity index (χ1) is 15.4. The highest BCUT2D eigenvalue weighted by atomic mass is 32.2. The van der Waals surface area contributed by atoms with Crippen LogP contribution in [0.2, 0.25) is 0 Å². The maximum absolute atomic E-state index is 13.1. The number of carbonyl (C=O) groups excluding carboxylic acids is 3. The van der Waals surface area contributed by atoms with Crippen molar-refractivity contribution in [2.75, 3.05) is 43.9 Å². The quantitative estimate of drug-likeness (QED) is 0.601. The second-order valence-electron chi connectivity index (χ2n) is 8.91. The van der Waals surface area contributed by atoms with Crippen LogP contribution in [0.1, 0.15) is 26.3 Å². The number of ether oxygens (including phenoxy) is 1. The predicted octanol–water partition coefficient (Wildman–Crippen LogP) is 1.99. The number of amides is 2. The Kier molecular flexibility index (Phi) is 7.67. The zero-order valence-corrected chi connectivity index (χ0v) is 20.8. The average molecular weight is 496 g/mol. The van der Waals surface area contributed by atoms with Gasteiger partial charge in [0.25, 0.3) is 0 Å². The zero-order chi connectivity index (χ0) is 24.4. The van der Waals surface area contributed by atoms with E-state index < -0.39 is 21.3 Å². The molecule has 11 heteroatoms. The van der Waals surface area contributed by atoms with Gasteiger partial charge in [0.2, 0.25) is 21.8 Å². The number of allylic oxidation sites excluding steroid dienone is 1. The van der Waals surface area contributed by atoms with Crippen LogP contribution in [0.15, 0.2) is 34.2 Å². The lowest BCUT2D eigenvalue weighted by Crippen LogP contribution is -2.40. The third kappa shape index (κ3) is 6.03. The Bertz CT molecular complexity index is 1090. The van der Waals surface area contributed by atoms with E-state index in [9.17, 15) is 22.8 Å². The minimum atomic E-state index is -3.73. The number of sulfonamides is 1. The minimum absolute atomic E-state index is 0.117. The summed E-state index contributed by atoms with van der Waals surface area (Å²) >= 11 is 1.22. The molecule has 2 saturated heterocycles. The third-order valence-corrected chi connectivity index (χ3v) is 8.33. The number of morpholine rings is 1. The minimum Gasteiger partial charge on any atom is -0.379 e. The molecule has 3 rings (SSSR count). The number of carbonyl (C=O) groups is 3. The standard InChI is InChI=1S/C22H29N3O6S2/c1-15-5-6-16(11-17(15)33(29,30)24-7-9-31-10-8-24)23-19(27)13-25-20(28)14-32-21(25)12-18(26)22(2,3)4/h5-6,11-12H,7-10,13-14H2,1-4H3,(H,23,27)/b21-12-. The predicted molar refractivity (Wildman–Crippen MR) is 126 cm³/mol. The molecular formula is C22H29N3O6S2. The van der Waals surface area contributed by atoms with E-state index in [1.54, 1.807) is 39.8 Å². The van der Waals surface area contributed by atoms with Crippen molar-refractivity contribution in [1.82, 2.24) is 9.21 Å². The SMILES string of the molecule is Cc1ccc(NC(=O)CN2C(=O)CS/C2=C\C(=O)C(C)(C)C)cc1S(=O)(=O)N1CCOCC1. The molecule has 0 saturated carbocycles. The Morgan fingerprint density at radius 1 is 1.21 bits per heavy atom. The number of ketones is 1. The number of benzene rings is 1. The number of hydrogen-bond acceptors (Lipinski definition) is 7. The van der Waals surface area contributed by atoms with Gasteiger partial charge in [-0.3, -0.25) is 19.3 Å². The molecule has 2 aliphatic rings. The normalized spacial score (nSPS) is 19.2. The van der Waals surface area contributed by atoms with Gasteiger partial charge in [0.1, 0.15) is 6.54 Å². The van der Waals surface area contributed by atoms with Gasteiger partial charge in [0.05, 0.1) is 28.9 Å². The number of nitrogens with zero attached hydrogens (tertiary/aromatic N) is 2. The first kappa shape index (κ1) is 25.4. The van der Waals surface area contributed by atoms with E-state index >= 15 is 0 Å². The molecule has 1 aromatic rings. The molecule has 2 aliphatic heterocycles. The third-order valence-electron chi connectivity index (χ3n) is 5.27. The van der Waals surface area contributed by atoms with Crippen molar-refractivity contribution >= 4 is 45.1 Å². The number of aryl methyl sites for hydroxylation is 1. The Morgan fingerprint density at radius 2 is 1.88 bits per heavy atom. The smallest absolute Gasteiger partial charge is 0.244 e. The summed E-state index contributed by atoms with van der Waals surface area (Å²) in [6, 6.07) is 4.68. The maximum Gasteiger partial charge on any atom is 0.244 e. The van der Waals surface area contributed by atoms with Crippen molar-refractivity contribution in [3.8, 4) is 0 Å². The number of rotatable bonds is 6. The summed E-state index contributed by atoms with van der Waals surface area (Å²) < 4.78 is 32.7. The molecule has 0 bridgehead atoms. The van der Waals surface area contributed by atoms with Crippen molar-refractivity contribution in [2.24, 2.45) is 5.41 Å². The summed E-state index contributed by atoms with van der Waals surface area (Å²) in [4.78, 5) is 38.7. The first-order valence-corrected chi connectivity index (χ1v) is 13.0. The highest BCUT2D eigenvalue weighted by Crippen LogP contribution is 2.30. The number of anilines is 1. The van der Waals surface area contributed by atoms with Crippen LogP contribution in [-0.4, -0.2) is 73.8 Å². The molecule has 0 radical (unpaired) electrons. The summed E-state index contributed by atoms with van der Waals surface area (Å²) in [7, 11) is -3.73. The van der Waals surface area contributed by atoms with E-state index in [1.807, 2.05) is 0 Å². The van der Waals surface area contributed by atoms with Crippen molar-refractivity contribution in [2.45, 2.75) is 32.6 Å². The summed E-state index contributed by atoms with van der Waals surface area (Å²) in [5, 5.41) is 3.11. The summed E-state index contributed by atoms with van der Waals surface area (Å²) in [5.41, 5.74) is 0.279. The monoisotopic (exact) mass is 495 g/mol. The number of nitrogens with one attached hydrogen (secondary N) is 1. The highest BCUT2D eigenvalue weighted by Gasteiger charge is 2.31. The van der Waals surface area contributed by atoms with Crippen LogP contribution in [0.5, 0.6) is 0 Å². The summed E-state index contributed by atoms with van der Waals surface area (Å²) in [5.74, 6) is -0.731. The maximum atomic E-state index is 13.1. The molecule has 0 unspecified atom stereocenters. The summed E-state index contributed by atoms with van der Waals surface area (Å²) in [6.45, 7) is 8.00. The average Bonchev–Trinajstić information content (AvgIpc) is 3.08. The molecule has 1 aromatic carbocycles. The van der Waals surface area contributed by atoms with Crippen LogP contribution in [0.4, 0.5) is 5.69 Å². The topological polar surface area (TPSA) is 113 Å². The van der Waals surface area contributed by atoms with Gasteiger partial charge in [-0.25, -0.2) is 8.42 Å². The first-order valence-electron chi connectivity index (χ1n) is 10.6. The second kappa shape index (κ2) is 9.96. The van der Waals surface area contributed by atoms with Crippen molar-refractivity contribution in [1.29, 1.82) is 0 Å². The van der Waals surface area contributed by atoms with Gasteiger partial charge in [-0.05, 0) is 24.6 Å². The zero-order valence-electron chi connectivity index (χ0n) is 19.2. The molecule has 2 fully saturated rings. The van der Waals surface area contributed by atoms with E-state index in [4.69, 9.17) is 4.74 Å². The van der Waals surface area contributed by atoms with E-state index in [0.29, 0.717) is 29.5 Å². The van der Waals surface area contributed by atoms with E-state index in [1.165, 1.54) is 33.1 Å². The second-order valence-corrected chi connectivity index (χ2v) is 11.8. The number of hydrogen-bond donors (Lipinski definition) is 1. The fourth-order valence-corrected chi connectivity index (χ4v) is 5.85. The van der Waals surface area contributed by atoms with Crippen molar-refractivity contribution in [3.05, 3.63) is 34.9 Å². The Hall–Kier alpha value is -2.21. The van der Waals surface area contributed by atoms with Crippen molar-refractivity contribution < 1.29 is 27.5 Å². The Labute approximate surface area is 198 Å². The molecule has 1 N–H and O–H groups in total. The van der Waals surface area contributed by atoms with Crippen LogP contribution in [0.3, 0.4) is 0 Å². The van der Waals surface area contributed by atoms with Crippen molar-refractivity contribution in [3.63, 3.8) is 0 Å². The fourth-order valence-electron chi connectivity index (χ4n) is 3.25. The highest BCUT2D eigenvalue weighted by molar-refractivity contribution is 8.04. The van der Waals surface area contributed by atoms with Crippen LogP contribution in [0, 0.1) is 12.3 Å². The van der Waals surface area contributed by atoms with E-state index in [2.05, 4.69) is 5.32 Å². The van der Waals surface area contributed by atoms with Gasteiger partial charge < -0.3 is 10.1 Å². The molecule has 0 spiro atoms. The largest absolute Gasteiger partial charge is 0.379 e. The molecule has 33 heavy (non-hydrogen) atoms. The lowest BCUT2D eigenvalue weighted by Gasteiger charge is -2.27. The summed E-state index contributed by atoms with van der Waals surface area (Å²) in [6.07, 6.45) is 1.40. The molecule has 0 aromatic heterocycles. The molecule has 2 amide bonds. The van der Waals surface area contributed by atoms with Crippen LogP contribution < -0.4 is 5.32 Å². The van der Waals surface area contributed by atoms with Crippen LogP contribution >= 0.6 is 11.8 Å². The van der Waals surface area contributed by atoms with Gasteiger partial charge in [-0.15, -0.1) is 0 Å². The molecule has 180 valence electrons. The van der Waals surface area contributed by atoms with Gasteiger partial charge in [0, 0.05) is 30.3 Å². The van der Waals surface area contributed by atoms with Gasteiger partial charge in [-0.2, -0.15) is 4.31 Å². The lowest BCUT2D eigenvalue weighted by atomic mass is 9.91. The van der Waals surface area contributed by atoms with Gasteiger partial charge in [-0.1, -0.05) is 38.6 Å². The molecule has 2 heterocycles. The molecule has 0 atom stereocenters. The lowest BCUT2D eigenvalue weighted by molar-refractivity contribution is -0.129. The fraction of sp³-hybridized carbons (Fsp3) is 0.500. The van der Waals surface area contributed by atoms with Gasteiger partial charge >= 0.3 is 0 Å². The van der Waals surface area contributed by atoms with E-state index in [-0.39, 0.29) is 42.0 Å². The molecule has 0 aliphatic carbocycles. The van der Waals surface area contributed by atoms with Crippen LogP contribution in [-0.2, 0) is 29.1 Å². The van der Waals surface area contributed by atoms with E-state index in [0.717, 1.165) is 0 Å². The Morgan fingerprint density at radius 3 is 2.52 bits per heavy atom. The molecular weight excluding hydrogens is 466 g/mol. The molecule has 9 nitrogen and oxygen atoms in total.